The quantitative estimate of drug-likeness (QED) is 0.813. The lowest BCUT2D eigenvalue weighted by Gasteiger charge is -2.37. The molecule has 1 saturated carbocycles. The number of nitrogens with one attached hydrogen (secondary N) is 1. The fourth-order valence-electron chi connectivity index (χ4n) is 3.69. The molecule has 0 aromatic heterocycles. The molecule has 1 aliphatic carbocycles. The third-order valence-corrected chi connectivity index (χ3v) is 5.23. The average Bonchev–Trinajstić information content (AvgIpc) is 2.53. The summed E-state index contributed by atoms with van der Waals surface area (Å²) in [6.45, 7) is 5.90. The Balaban J connectivity index is 1.80. The summed E-state index contributed by atoms with van der Waals surface area (Å²) >= 11 is 0. The van der Waals surface area contributed by atoms with Gasteiger partial charge in [0.1, 0.15) is 0 Å². The second kappa shape index (κ2) is 8.13. The molecule has 0 spiro atoms. The van der Waals surface area contributed by atoms with Gasteiger partial charge in [0, 0.05) is 25.6 Å². The van der Waals surface area contributed by atoms with Crippen LogP contribution in [0.15, 0.2) is 0 Å². The van der Waals surface area contributed by atoms with Crippen LogP contribution in [0, 0.1) is 11.8 Å². The molecule has 1 atom stereocenters. The van der Waals surface area contributed by atoms with Gasteiger partial charge in [-0.15, -0.1) is 0 Å². The van der Waals surface area contributed by atoms with Crippen LogP contribution in [0.3, 0.4) is 0 Å². The number of carbonyl (C=O) groups excluding carboxylic acids is 2. The van der Waals surface area contributed by atoms with E-state index in [1.165, 1.54) is 0 Å². The average molecular weight is 324 g/mol. The zero-order chi connectivity index (χ0) is 16.9. The largest absolute Gasteiger partial charge is 0.389 e. The van der Waals surface area contributed by atoms with Gasteiger partial charge < -0.3 is 15.3 Å². The minimum atomic E-state index is -0.784. The number of rotatable bonds is 5. The highest BCUT2D eigenvalue weighted by atomic mass is 16.3. The third-order valence-electron chi connectivity index (χ3n) is 5.23. The van der Waals surface area contributed by atoms with E-state index in [0.29, 0.717) is 19.0 Å². The number of piperidine rings is 1. The van der Waals surface area contributed by atoms with Gasteiger partial charge in [0.15, 0.2) is 0 Å². The summed E-state index contributed by atoms with van der Waals surface area (Å²) in [4.78, 5) is 26.1. The molecule has 2 rings (SSSR count). The Kier molecular flexibility index (Phi) is 6.45. The summed E-state index contributed by atoms with van der Waals surface area (Å²) in [6, 6.07) is 0. The first-order valence-electron chi connectivity index (χ1n) is 9.17. The molecule has 0 aromatic carbocycles. The molecule has 23 heavy (non-hydrogen) atoms. The lowest BCUT2D eigenvalue weighted by atomic mass is 9.82. The van der Waals surface area contributed by atoms with Gasteiger partial charge in [0.25, 0.3) is 0 Å². The first-order valence-corrected chi connectivity index (χ1v) is 9.17. The van der Waals surface area contributed by atoms with Crippen LogP contribution in [-0.4, -0.2) is 47.1 Å². The van der Waals surface area contributed by atoms with Crippen molar-refractivity contribution in [2.75, 3.05) is 19.6 Å². The third kappa shape index (κ3) is 5.48. The molecule has 2 amide bonds. The van der Waals surface area contributed by atoms with Gasteiger partial charge in [0.2, 0.25) is 11.8 Å². The van der Waals surface area contributed by atoms with Crippen molar-refractivity contribution in [2.45, 2.75) is 70.8 Å². The van der Waals surface area contributed by atoms with Crippen molar-refractivity contribution in [3.05, 3.63) is 0 Å². The van der Waals surface area contributed by atoms with Crippen LogP contribution < -0.4 is 5.32 Å². The van der Waals surface area contributed by atoms with Crippen molar-refractivity contribution in [3.8, 4) is 0 Å². The molecule has 1 saturated heterocycles. The molecule has 2 aliphatic rings. The Morgan fingerprint density at radius 2 is 1.91 bits per heavy atom. The maximum Gasteiger partial charge on any atom is 0.225 e. The Bertz CT molecular complexity index is 416. The predicted molar refractivity (Wildman–Crippen MR) is 89.8 cm³/mol. The van der Waals surface area contributed by atoms with E-state index in [-0.39, 0.29) is 24.2 Å². The number of aliphatic hydroxyl groups is 1. The Hall–Kier alpha value is -1.10. The van der Waals surface area contributed by atoms with E-state index in [4.69, 9.17) is 0 Å². The number of hydrogen-bond acceptors (Lipinski definition) is 3. The molecule has 2 N–H and O–H groups in total. The summed E-state index contributed by atoms with van der Waals surface area (Å²) in [5, 5.41) is 13.5. The first-order chi connectivity index (χ1) is 10.9. The molecule has 2 fully saturated rings. The highest BCUT2D eigenvalue weighted by Gasteiger charge is 2.34. The maximum absolute atomic E-state index is 12.5. The van der Waals surface area contributed by atoms with Crippen LogP contribution in [0.1, 0.15) is 65.2 Å². The smallest absolute Gasteiger partial charge is 0.225 e. The molecule has 0 bridgehead atoms. The maximum atomic E-state index is 12.5. The highest BCUT2D eigenvalue weighted by molar-refractivity contribution is 5.78. The number of hydrogen-bond donors (Lipinski definition) is 2. The van der Waals surface area contributed by atoms with Crippen molar-refractivity contribution in [2.24, 2.45) is 11.8 Å². The monoisotopic (exact) mass is 324 g/mol. The molecule has 5 nitrogen and oxygen atoms in total. The minimum absolute atomic E-state index is 0.00289. The highest BCUT2D eigenvalue weighted by Crippen LogP contribution is 2.31. The fourth-order valence-corrected chi connectivity index (χ4v) is 3.69. The molecule has 1 aliphatic heterocycles. The molecular formula is C18H32N2O3. The molecule has 1 heterocycles. The van der Waals surface area contributed by atoms with Gasteiger partial charge in [0.05, 0.1) is 12.0 Å². The van der Waals surface area contributed by atoms with Crippen LogP contribution >= 0.6 is 0 Å². The molecule has 1 unspecified atom stereocenters. The van der Waals surface area contributed by atoms with Crippen LogP contribution in [0.4, 0.5) is 0 Å². The fraction of sp³-hybridized carbons (Fsp3) is 0.889. The predicted octanol–water partition coefficient (Wildman–Crippen LogP) is 2.08. The topological polar surface area (TPSA) is 69.6 Å². The lowest BCUT2D eigenvalue weighted by molar-refractivity contribution is -0.139. The molecule has 5 heteroatoms. The lowest BCUT2D eigenvalue weighted by Crippen LogP contribution is -2.47. The van der Waals surface area contributed by atoms with Crippen LogP contribution in [0.5, 0.6) is 0 Å². The van der Waals surface area contributed by atoms with E-state index in [2.05, 4.69) is 5.32 Å². The summed E-state index contributed by atoms with van der Waals surface area (Å²) in [7, 11) is 0. The number of likely N-dealkylation sites (tertiary alicyclic amines) is 1. The zero-order valence-corrected chi connectivity index (χ0v) is 14.6. The van der Waals surface area contributed by atoms with Gasteiger partial charge >= 0.3 is 0 Å². The summed E-state index contributed by atoms with van der Waals surface area (Å²) in [5.74, 6) is 0.479. The van der Waals surface area contributed by atoms with Crippen molar-refractivity contribution >= 4 is 11.8 Å². The van der Waals surface area contributed by atoms with Crippen LogP contribution in [-0.2, 0) is 9.59 Å². The zero-order valence-electron chi connectivity index (χ0n) is 14.6. The van der Waals surface area contributed by atoms with Crippen molar-refractivity contribution < 1.29 is 14.7 Å². The Morgan fingerprint density at radius 3 is 2.57 bits per heavy atom. The van der Waals surface area contributed by atoms with E-state index in [0.717, 1.165) is 51.5 Å². The summed E-state index contributed by atoms with van der Waals surface area (Å²) < 4.78 is 0. The number of amides is 2. The van der Waals surface area contributed by atoms with E-state index in [1.807, 2.05) is 18.7 Å². The van der Waals surface area contributed by atoms with E-state index < -0.39 is 5.60 Å². The SMILES string of the molecule is CC(C)C(=O)NCC1CCCN(C(=O)CC2(O)CCCCC2)C1. The van der Waals surface area contributed by atoms with Crippen molar-refractivity contribution in [1.29, 1.82) is 0 Å². The van der Waals surface area contributed by atoms with Crippen molar-refractivity contribution in [3.63, 3.8) is 0 Å². The Morgan fingerprint density at radius 1 is 1.22 bits per heavy atom. The normalized spacial score (nSPS) is 24.5. The van der Waals surface area contributed by atoms with E-state index in [9.17, 15) is 14.7 Å². The van der Waals surface area contributed by atoms with Gasteiger partial charge in [-0.25, -0.2) is 0 Å². The number of carbonyl (C=O) groups is 2. The molecule has 0 aromatic rings. The summed E-state index contributed by atoms with van der Waals surface area (Å²) in [6.07, 6.45) is 7.00. The minimum Gasteiger partial charge on any atom is -0.389 e. The molecular weight excluding hydrogens is 292 g/mol. The van der Waals surface area contributed by atoms with Crippen molar-refractivity contribution in [1.82, 2.24) is 10.2 Å². The van der Waals surface area contributed by atoms with Gasteiger partial charge in [-0.2, -0.15) is 0 Å². The molecule has 0 radical (unpaired) electrons. The standard InChI is InChI=1S/C18H32N2O3/c1-14(2)17(22)19-12-15-7-6-10-20(13-15)16(21)11-18(23)8-4-3-5-9-18/h14-15,23H,3-13H2,1-2H3,(H,19,22). The van der Waals surface area contributed by atoms with Crippen LogP contribution in [0.25, 0.3) is 0 Å². The van der Waals surface area contributed by atoms with Gasteiger partial charge in [-0.1, -0.05) is 33.1 Å². The summed E-state index contributed by atoms with van der Waals surface area (Å²) in [5.41, 5.74) is -0.784. The second-order valence-electron chi connectivity index (χ2n) is 7.71. The Labute approximate surface area is 139 Å². The van der Waals surface area contributed by atoms with Gasteiger partial charge in [-0.3, -0.25) is 9.59 Å². The first kappa shape index (κ1) is 18.2. The van der Waals surface area contributed by atoms with Crippen LogP contribution in [0.2, 0.25) is 0 Å². The van der Waals surface area contributed by atoms with Gasteiger partial charge in [-0.05, 0) is 31.6 Å². The number of nitrogens with zero attached hydrogens (tertiary/aromatic N) is 1. The second-order valence-corrected chi connectivity index (χ2v) is 7.71. The molecule has 132 valence electrons. The van der Waals surface area contributed by atoms with E-state index in [1.54, 1.807) is 0 Å². The van der Waals surface area contributed by atoms with E-state index >= 15 is 0 Å².